The van der Waals surface area contributed by atoms with Crippen LogP contribution in [0.15, 0.2) is 53.3 Å². The highest BCUT2D eigenvalue weighted by Gasteiger charge is 2.10. The Hall–Kier alpha value is -2.17. The number of nitrogens with two attached hydrogens (primary N) is 1. The summed E-state index contributed by atoms with van der Waals surface area (Å²) in [4.78, 5) is 16.9. The Morgan fingerprint density at radius 2 is 1.96 bits per heavy atom. The molecular formula is C18H19ClN3O+. The SMILES string of the molecule is Cc1cccc2nc(C[NH2+][C@@H](C)c3ccc(Cl)cc3)cc(=O)n12. The zero-order valence-electron chi connectivity index (χ0n) is 13.2. The van der Waals surface area contributed by atoms with Gasteiger partial charge in [0.15, 0.2) is 0 Å². The van der Waals surface area contributed by atoms with Crippen molar-refractivity contribution in [3.63, 3.8) is 0 Å². The number of benzene rings is 1. The minimum Gasteiger partial charge on any atom is -0.335 e. The fraction of sp³-hybridized carbons (Fsp3) is 0.222. The molecule has 5 heteroatoms. The normalized spacial score (nSPS) is 12.5. The molecule has 0 amide bonds. The minimum absolute atomic E-state index is 0.0318. The fourth-order valence-corrected chi connectivity index (χ4v) is 2.79. The third-order valence-corrected chi connectivity index (χ3v) is 4.26. The van der Waals surface area contributed by atoms with E-state index < -0.39 is 0 Å². The number of hydrogen-bond acceptors (Lipinski definition) is 2. The van der Waals surface area contributed by atoms with Gasteiger partial charge < -0.3 is 5.32 Å². The molecule has 2 N–H and O–H groups in total. The average Bonchev–Trinajstić information content (AvgIpc) is 2.53. The number of halogens is 1. The van der Waals surface area contributed by atoms with E-state index in [2.05, 4.69) is 17.2 Å². The second-order valence-electron chi connectivity index (χ2n) is 5.73. The summed E-state index contributed by atoms with van der Waals surface area (Å²) in [6, 6.07) is 15.4. The summed E-state index contributed by atoms with van der Waals surface area (Å²) in [6.07, 6.45) is 0. The van der Waals surface area contributed by atoms with E-state index in [-0.39, 0.29) is 11.6 Å². The molecule has 2 aromatic heterocycles. The molecule has 0 aliphatic heterocycles. The number of nitrogens with zero attached hydrogens (tertiary/aromatic N) is 2. The van der Waals surface area contributed by atoms with Crippen LogP contribution < -0.4 is 10.9 Å². The molecule has 118 valence electrons. The van der Waals surface area contributed by atoms with E-state index in [0.717, 1.165) is 16.4 Å². The van der Waals surface area contributed by atoms with Crippen LogP contribution >= 0.6 is 11.6 Å². The average molecular weight is 329 g/mol. The Bertz CT molecular complexity index is 887. The lowest BCUT2D eigenvalue weighted by Gasteiger charge is -2.11. The van der Waals surface area contributed by atoms with Crippen LogP contribution in [-0.4, -0.2) is 9.38 Å². The Balaban J connectivity index is 1.79. The van der Waals surface area contributed by atoms with Crippen molar-refractivity contribution in [3.8, 4) is 0 Å². The predicted molar refractivity (Wildman–Crippen MR) is 91.7 cm³/mol. The third kappa shape index (κ3) is 3.44. The highest BCUT2D eigenvalue weighted by atomic mass is 35.5. The molecular weight excluding hydrogens is 310 g/mol. The minimum atomic E-state index is -0.0318. The van der Waals surface area contributed by atoms with Gasteiger partial charge in [0.05, 0.1) is 0 Å². The van der Waals surface area contributed by atoms with Crippen molar-refractivity contribution in [3.05, 3.63) is 80.9 Å². The van der Waals surface area contributed by atoms with E-state index in [0.29, 0.717) is 12.2 Å². The predicted octanol–water partition coefficient (Wildman–Crippen LogP) is 2.48. The lowest BCUT2D eigenvalue weighted by Crippen LogP contribution is -2.83. The molecule has 2 heterocycles. The molecule has 1 atom stereocenters. The Kier molecular flexibility index (Phi) is 4.46. The van der Waals surface area contributed by atoms with Crippen LogP contribution in [0, 0.1) is 6.92 Å². The van der Waals surface area contributed by atoms with Crippen LogP contribution in [-0.2, 0) is 6.54 Å². The number of quaternary nitrogens is 1. The van der Waals surface area contributed by atoms with Gasteiger partial charge in [0.25, 0.3) is 5.56 Å². The van der Waals surface area contributed by atoms with Crippen LogP contribution in [0.1, 0.15) is 29.9 Å². The highest BCUT2D eigenvalue weighted by Crippen LogP contribution is 2.13. The van der Waals surface area contributed by atoms with Crippen LogP contribution in [0.3, 0.4) is 0 Å². The van der Waals surface area contributed by atoms with Gasteiger partial charge in [-0.2, -0.15) is 0 Å². The number of aromatic nitrogens is 2. The molecule has 0 aliphatic rings. The standard InChI is InChI=1S/C18H18ClN3O/c1-12-4-3-5-17-21-16(10-18(23)22(12)17)11-20-13(2)14-6-8-15(19)9-7-14/h3-10,13,20H,11H2,1-2H3/p+1/t13-/m0/s1. The zero-order valence-corrected chi connectivity index (χ0v) is 13.9. The summed E-state index contributed by atoms with van der Waals surface area (Å²) >= 11 is 5.92. The number of fused-ring (bicyclic) bond motifs is 1. The van der Waals surface area contributed by atoms with Crippen molar-refractivity contribution in [1.29, 1.82) is 0 Å². The number of pyridine rings is 1. The molecule has 0 unspecified atom stereocenters. The van der Waals surface area contributed by atoms with Gasteiger partial charge >= 0.3 is 0 Å². The topological polar surface area (TPSA) is 51.0 Å². The Morgan fingerprint density at radius 1 is 1.22 bits per heavy atom. The maximum atomic E-state index is 12.3. The largest absolute Gasteiger partial charge is 0.335 e. The molecule has 0 saturated heterocycles. The number of hydrogen-bond donors (Lipinski definition) is 1. The van der Waals surface area contributed by atoms with Crippen LogP contribution in [0.25, 0.3) is 5.65 Å². The molecule has 3 aromatic rings. The van der Waals surface area contributed by atoms with Gasteiger partial charge in [0.1, 0.15) is 23.9 Å². The first-order chi connectivity index (χ1) is 11.0. The van der Waals surface area contributed by atoms with Crippen molar-refractivity contribution >= 4 is 17.2 Å². The van der Waals surface area contributed by atoms with Crippen molar-refractivity contribution < 1.29 is 5.32 Å². The summed E-state index contributed by atoms with van der Waals surface area (Å²) in [5.41, 5.74) is 3.55. The van der Waals surface area contributed by atoms with E-state index in [9.17, 15) is 4.79 Å². The summed E-state index contributed by atoms with van der Waals surface area (Å²) < 4.78 is 1.63. The quantitative estimate of drug-likeness (QED) is 0.800. The molecule has 0 bridgehead atoms. The maximum Gasteiger partial charge on any atom is 0.258 e. The third-order valence-electron chi connectivity index (χ3n) is 4.01. The zero-order chi connectivity index (χ0) is 16.4. The fourth-order valence-electron chi connectivity index (χ4n) is 2.67. The molecule has 0 fully saturated rings. The molecule has 0 radical (unpaired) electrons. The van der Waals surface area contributed by atoms with Crippen LogP contribution in [0.5, 0.6) is 0 Å². The van der Waals surface area contributed by atoms with E-state index in [4.69, 9.17) is 11.6 Å². The number of aryl methyl sites for hydroxylation is 1. The second kappa shape index (κ2) is 6.52. The first-order valence-electron chi connectivity index (χ1n) is 7.62. The first-order valence-corrected chi connectivity index (χ1v) is 7.99. The molecule has 0 aliphatic carbocycles. The van der Waals surface area contributed by atoms with Crippen LogP contribution in [0.2, 0.25) is 5.02 Å². The molecule has 4 nitrogen and oxygen atoms in total. The van der Waals surface area contributed by atoms with Gasteiger partial charge in [-0.15, -0.1) is 0 Å². The van der Waals surface area contributed by atoms with Gasteiger partial charge in [-0.3, -0.25) is 9.20 Å². The summed E-state index contributed by atoms with van der Waals surface area (Å²) in [5.74, 6) is 0. The summed E-state index contributed by atoms with van der Waals surface area (Å²) in [6.45, 7) is 4.69. The van der Waals surface area contributed by atoms with Crippen LogP contribution in [0.4, 0.5) is 0 Å². The summed E-state index contributed by atoms with van der Waals surface area (Å²) in [7, 11) is 0. The van der Waals surface area contributed by atoms with Gasteiger partial charge in [0.2, 0.25) is 0 Å². The monoisotopic (exact) mass is 328 g/mol. The molecule has 23 heavy (non-hydrogen) atoms. The smallest absolute Gasteiger partial charge is 0.258 e. The number of rotatable bonds is 4. The van der Waals surface area contributed by atoms with Gasteiger partial charge in [-0.05, 0) is 38.1 Å². The van der Waals surface area contributed by atoms with E-state index in [1.807, 2.05) is 49.4 Å². The van der Waals surface area contributed by atoms with Crippen molar-refractivity contribution in [2.75, 3.05) is 0 Å². The second-order valence-corrected chi connectivity index (χ2v) is 6.16. The van der Waals surface area contributed by atoms with Crippen molar-refractivity contribution in [2.45, 2.75) is 26.4 Å². The van der Waals surface area contributed by atoms with Crippen molar-refractivity contribution in [2.24, 2.45) is 0 Å². The first kappa shape index (κ1) is 15.7. The Morgan fingerprint density at radius 3 is 2.70 bits per heavy atom. The lowest BCUT2D eigenvalue weighted by molar-refractivity contribution is -0.708. The van der Waals surface area contributed by atoms with Crippen molar-refractivity contribution in [1.82, 2.24) is 9.38 Å². The van der Waals surface area contributed by atoms with Gasteiger partial charge in [0, 0.05) is 22.3 Å². The molecule has 0 spiro atoms. The van der Waals surface area contributed by atoms with E-state index in [1.54, 1.807) is 10.5 Å². The molecule has 0 saturated carbocycles. The van der Waals surface area contributed by atoms with Gasteiger partial charge in [-0.1, -0.05) is 29.8 Å². The van der Waals surface area contributed by atoms with E-state index in [1.165, 1.54) is 5.56 Å². The van der Waals surface area contributed by atoms with Gasteiger partial charge in [-0.25, -0.2) is 4.98 Å². The maximum absolute atomic E-state index is 12.3. The molecule has 3 rings (SSSR count). The summed E-state index contributed by atoms with van der Waals surface area (Å²) in [5, 5.41) is 2.90. The molecule has 1 aromatic carbocycles. The lowest BCUT2D eigenvalue weighted by atomic mass is 10.1. The highest BCUT2D eigenvalue weighted by molar-refractivity contribution is 6.30. The Labute approximate surface area is 139 Å². The van der Waals surface area contributed by atoms with E-state index >= 15 is 0 Å².